The predicted octanol–water partition coefficient (Wildman–Crippen LogP) is 2.93. The Hall–Kier alpha value is -4.13. The number of carbonyl (C=O) groups is 2. The third-order valence-electron chi connectivity index (χ3n) is 4.47. The van der Waals surface area contributed by atoms with Crippen molar-refractivity contribution >= 4 is 35.0 Å². The van der Waals surface area contributed by atoms with E-state index in [-0.39, 0.29) is 38.9 Å². The average molecular weight is 473 g/mol. The second-order valence-corrected chi connectivity index (χ2v) is 7.47. The summed E-state index contributed by atoms with van der Waals surface area (Å²) in [6.07, 6.45) is 1.47. The number of hydrogen-bond acceptors (Lipinski definition) is 10. The molecule has 0 atom stereocenters. The zero-order valence-electron chi connectivity index (χ0n) is 18.0. The van der Waals surface area contributed by atoms with Crippen molar-refractivity contribution in [2.24, 2.45) is 7.05 Å². The molecule has 0 aliphatic carbocycles. The maximum absolute atomic E-state index is 12.9. The first-order valence-corrected chi connectivity index (χ1v) is 10.1. The normalized spacial score (nSPS) is 10.4. The Kier molecular flexibility index (Phi) is 7.13. The minimum Gasteiger partial charge on any atom is -0.493 e. The summed E-state index contributed by atoms with van der Waals surface area (Å²) < 4.78 is 16.8. The third kappa shape index (κ3) is 5.03. The molecule has 0 bridgehead atoms. The molecule has 13 heteroatoms. The molecule has 0 saturated heterocycles. The number of carbonyl (C=O) groups excluding carboxylic acids is 2. The number of rotatable bonds is 8. The van der Waals surface area contributed by atoms with E-state index in [1.807, 2.05) is 0 Å². The second kappa shape index (κ2) is 9.99. The molecule has 0 spiro atoms. The number of nitrogens with zero attached hydrogens (tertiary/aromatic N) is 4. The van der Waals surface area contributed by atoms with Gasteiger partial charge in [-0.1, -0.05) is 0 Å². The van der Waals surface area contributed by atoms with E-state index in [1.165, 1.54) is 51.9 Å². The van der Waals surface area contributed by atoms with Crippen LogP contribution in [0.2, 0.25) is 0 Å². The molecule has 3 rings (SSSR count). The lowest BCUT2D eigenvalue weighted by molar-refractivity contribution is -0.387. The molecule has 1 amide bonds. The zero-order chi connectivity index (χ0) is 24.1. The fourth-order valence-corrected chi connectivity index (χ4v) is 3.66. The minimum absolute atomic E-state index is 0.00890. The predicted molar refractivity (Wildman–Crippen MR) is 117 cm³/mol. The summed E-state index contributed by atoms with van der Waals surface area (Å²) in [5.41, 5.74) is -0.164. The molecule has 172 valence electrons. The topological polar surface area (TPSA) is 148 Å². The third-order valence-corrected chi connectivity index (χ3v) is 5.58. The van der Waals surface area contributed by atoms with E-state index in [0.717, 1.165) is 17.8 Å². The van der Waals surface area contributed by atoms with E-state index >= 15 is 0 Å². The molecule has 12 nitrogen and oxygen atoms in total. The van der Waals surface area contributed by atoms with Crippen molar-refractivity contribution in [2.75, 3.05) is 26.6 Å². The van der Waals surface area contributed by atoms with Crippen LogP contribution in [0.3, 0.4) is 0 Å². The van der Waals surface area contributed by atoms with Gasteiger partial charge in [0.2, 0.25) is 0 Å². The molecule has 3 aromatic rings. The van der Waals surface area contributed by atoms with Crippen molar-refractivity contribution in [3.8, 4) is 11.5 Å². The first-order valence-electron chi connectivity index (χ1n) is 9.25. The fraction of sp³-hybridized carbons (Fsp3) is 0.200. The standard InChI is InChI=1S/C20H19N5O7S/c1-24-10-21-23-20(24)33-17-6-5-11(7-14(17)25(28)29)18(26)22-13-9-16(31-3)15(30-2)8-12(13)19(27)32-4/h5-10H,1-4H3,(H,22,26). The van der Waals surface area contributed by atoms with Crippen LogP contribution in [0.15, 0.2) is 46.7 Å². The summed E-state index contributed by atoms with van der Waals surface area (Å²) in [6.45, 7) is 0. The fourth-order valence-electron chi connectivity index (χ4n) is 2.81. The summed E-state index contributed by atoms with van der Waals surface area (Å²) >= 11 is 1.04. The maximum atomic E-state index is 12.9. The van der Waals surface area contributed by atoms with Crippen LogP contribution in [0, 0.1) is 10.1 Å². The average Bonchev–Trinajstić information content (AvgIpc) is 3.22. The van der Waals surface area contributed by atoms with E-state index in [0.29, 0.717) is 5.16 Å². The molecule has 0 saturated carbocycles. The Morgan fingerprint density at radius 1 is 1.12 bits per heavy atom. The second-order valence-electron chi connectivity index (χ2n) is 6.46. The van der Waals surface area contributed by atoms with Gasteiger partial charge < -0.3 is 24.1 Å². The van der Waals surface area contributed by atoms with E-state index in [4.69, 9.17) is 14.2 Å². The molecule has 0 radical (unpaired) electrons. The lowest BCUT2D eigenvalue weighted by Gasteiger charge is -2.15. The highest BCUT2D eigenvalue weighted by Crippen LogP contribution is 2.36. The van der Waals surface area contributed by atoms with Gasteiger partial charge in [0.25, 0.3) is 11.6 Å². The van der Waals surface area contributed by atoms with E-state index in [2.05, 4.69) is 15.5 Å². The van der Waals surface area contributed by atoms with Crippen LogP contribution in [0.5, 0.6) is 11.5 Å². The van der Waals surface area contributed by atoms with Crippen LogP contribution in [0.1, 0.15) is 20.7 Å². The number of nitrogens with one attached hydrogen (secondary N) is 1. The highest BCUT2D eigenvalue weighted by molar-refractivity contribution is 7.99. The SMILES string of the molecule is COC(=O)c1cc(OC)c(OC)cc1NC(=O)c1ccc(Sc2nncn2C)c([N+](=O)[O-])c1. The van der Waals surface area contributed by atoms with E-state index in [9.17, 15) is 19.7 Å². The largest absolute Gasteiger partial charge is 0.493 e. The highest BCUT2D eigenvalue weighted by Gasteiger charge is 2.23. The number of esters is 1. The number of nitro benzene ring substituents is 1. The Morgan fingerprint density at radius 2 is 1.82 bits per heavy atom. The summed E-state index contributed by atoms with van der Waals surface area (Å²) in [4.78, 5) is 36.4. The monoisotopic (exact) mass is 473 g/mol. The molecule has 0 aliphatic heterocycles. The summed E-state index contributed by atoms with van der Waals surface area (Å²) in [5.74, 6) is -0.864. The van der Waals surface area contributed by atoms with Gasteiger partial charge in [-0.05, 0) is 23.9 Å². The molecule has 1 aromatic heterocycles. The van der Waals surface area contributed by atoms with Crippen LogP contribution in [0.25, 0.3) is 0 Å². The number of benzene rings is 2. The van der Waals surface area contributed by atoms with Gasteiger partial charge in [-0.2, -0.15) is 0 Å². The van der Waals surface area contributed by atoms with Gasteiger partial charge in [-0.3, -0.25) is 14.9 Å². The molecule has 0 unspecified atom stereocenters. The number of aromatic nitrogens is 3. The quantitative estimate of drug-likeness (QED) is 0.294. The van der Waals surface area contributed by atoms with Crippen molar-refractivity contribution in [3.05, 3.63) is 57.9 Å². The molecule has 2 aromatic carbocycles. The maximum Gasteiger partial charge on any atom is 0.340 e. The van der Waals surface area contributed by atoms with Crippen molar-refractivity contribution in [2.45, 2.75) is 10.1 Å². The number of methoxy groups -OCH3 is 3. The summed E-state index contributed by atoms with van der Waals surface area (Å²) in [6, 6.07) is 6.79. The summed E-state index contributed by atoms with van der Waals surface area (Å²) in [5, 5.41) is 22.3. The van der Waals surface area contributed by atoms with Crippen LogP contribution in [-0.2, 0) is 11.8 Å². The number of ether oxygens (including phenoxy) is 3. The Labute approximate surface area is 192 Å². The molecule has 1 heterocycles. The summed E-state index contributed by atoms with van der Waals surface area (Å²) in [7, 11) is 5.70. The minimum atomic E-state index is -0.715. The van der Waals surface area contributed by atoms with Crippen molar-refractivity contribution < 1.29 is 28.7 Å². The van der Waals surface area contributed by atoms with Crippen molar-refractivity contribution in [3.63, 3.8) is 0 Å². The van der Waals surface area contributed by atoms with Crippen LogP contribution < -0.4 is 14.8 Å². The Bertz CT molecular complexity index is 1230. The number of hydrogen-bond donors (Lipinski definition) is 1. The Morgan fingerprint density at radius 3 is 2.39 bits per heavy atom. The first-order chi connectivity index (χ1) is 15.8. The van der Waals surface area contributed by atoms with Gasteiger partial charge in [0.05, 0.1) is 42.4 Å². The first kappa shape index (κ1) is 23.5. The molecular formula is C20H19N5O7S. The smallest absolute Gasteiger partial charge is 0.340 e. The molecule has 0 fully saturated rings. The van der Waals surface area contributed by atoms with Gasteiger partial charge in [-0.25, -0.2) is 4.79 Å². The van der Waals surface area contributed by atoms with Gasteiger partial charge in [-0.15, -0.1) is 10.2 Å². The van der Waals surface area contributed by atoms with Gasteiger partial charge in [0.15, 0.2) is 16.7 Å². The van der Waals surface area contributed by atoms with Crippen molar-refractivity contribution in [1.82, 2.24) is 14.8 Å². The molecule has 1 N–H and O–H groups in total. The van der Waals surface area contributed by atoms with E-state index < -0.39 is 16.8 Å². The number of nitro groups is 1. The lowest BCUT2D eigenvalue weighted by Crippen LogP contribution is -2.16. The lowest BCUT2D eigenvalue weighted by atomic mass is 10.1. The van der Waals surface area contributed by atoms with Crippen molar-refractivity contribution in [1.29, 1.82) is 0 Å². The van der Waals surface area contributed by atoms with E-state index in [1.54, 1.807) is 11.6 Å². The van der Waals surface area contributed by atoms with Gasteiger partial charge in [0, 0.05) is 30.8 Å². The molecule has 33 heavy (non-hydrogen) atoms. The van der Waals surface area contributed by atoms with Gasteiger partial charge in [0.1, 0.15) is 6.33 Å². The number of anilines is 1. The van der Waals surface area contributed by atoms with Crippen LogP contribution >= 0.6 is 11.8 Å². The van der Waals surface area contributed by atoms with Crippen LogP contribution in [-0.4, -0.2) is 52.9 Å². The Balaban J connectivity index is 1.96. The van der Waals surface area contributed by atoms with Crippen LogP contribution in [0.4, 0.5) is 11.4 Å². The zero-order valence-corrected chi connectivity index (χ0v) is 18.8. The molecular weight excluding hydrogens is 454 g/mol. The highest BCUT2D eigenvalue weighted by atomic mass is 32.2. The molecule has 0 aliphatic rings. The number of amides is 1. The van der Waals surface area contributed by atoms with Gasteiger partial charge >= 0.3 is 5.97 Å². The number of aryl methyl sites for hydroxylation is 1.